The van der Waals surface area contributed by atoms with Crippen LogP contribution in [0.3, 0.4) is 0 Å². The Hall–Kier alpha value is -1.96. The number of hydroxylamine groups is 2. The van der Waals surface area contributed by atoms with Crippen molar-refractivity contribution in [2.75, 3.05) is 13.2 Å². The molecular weight excluding hydrogens is 374 g/mol. The number of carbonyl (C=O) groups is 2. The van der Waals surface area contributed by atoms with Gasteiger partial charge in [-0.05, 0) is 78.6 Å². The van der Waals surface area contributed by atoms with E-state index in [9.17, 15) is 19.9 Å². The van der Waals surface area contributed by atoms with Crippen LogP contribution >= 0.6 is 0 Å². The fourth-order valence-corrected chi connectivity index (χ4v) is 3.91. The van der Waals surface area contributed by atoms with Gasteiger partial charge in [-0.1, -0.05) is 0 Å². The van der Waals surface area contributed by atoms with Crippen molar-refractivity contribution in [3.05, 3.63) is 29.8 Å². The second kappa shape index (κ2) is 8.42. The average Bonchev–Trinajstić information content (AvgIpc) is 2.61. The van der Waals surface area contributed by atoms with Crippen LogP contribution in [0.1, 0.15) is 64.7 Å². The number of rotatable bonds is 7. The van der Waals surface area contributed by atoms with Crippen LogP contribution in [0.25, 0.3) is 0 Å². The molecule has 1 aliphatic heterocycles. The Balaban J connectivity index is 1.82. The van der Waals surface area contributed by atoms with Crippen molar-refractivity contribution < 1.29 is 29.4 Å². The number of benzene rings is 1. The van der Waals surface area contributed by atoms with Crippen LogP contribution in [0.2, 0.25) is 0 Å². The van der Waals surface area contributed by atoms with Gasteiger partial charge in [-0.3, -0.25) is 9.59 Å². The Kier molecular flexibility index (Phi) is 6.77. The molecule has 1 aromatic carbocycles. The zero-order valence-corrected chi connectivity index (χ0v) is 18.2. The summed E-state index contributed by atoms with van der Waals surface area (Å²) in [4.78, 5) is 24.4. The van der Waals surface area contributed by atoms with Crippen LogP contribution in [0.4, 0.5) is 0 Å². The van der Waals surface area contributed by atoms with Gasteiger partial charge in [0.05, 0.1) is 5.92 Å². The van der Waals surface area contributed by atoms with E-state index in [-0.39, 0.29) is 30.9 Å². The van der Waals surface area contributed by atoms with Crippen molar-refractivity contribution in [1.29, 1.82) is 0 Å². The third kappa shape index (κ3) is 5.78. The van der Waals surface area contributed by atoms with Gasteiger partial charge in [0, 0.05) is 16.6 Å². The first-order valence-electron chi connectivity index (χ1n) is 9.88. The van der Waals surface area contributed by atoms with Crippen LogP contribution in [0.5, 0.6) is 5.75 Å². The van der Waals surface area contributed by atoms with Crippen molar-refractivity contribution in [1.82, 2.24) is 5.06 Å². The molecule has 1 aliphatic rings. The SMILES string of the molecule is CC(C)(O)C(=O)c1ccc(OCCOC(=O)C2CC(C)(C)N([O])C(C)(C)C2)cc1. The van der Waals surface area contributed by atoms with E-state index >= 15 is 0 Å². The largest absolute Gasteiger partial charge is 0.490 e. The molecule has 1 N–H and O–H groups in total. The van der Waals surface area contributed by atoms with E-state index in [1.165, 1.54) is 13.8 Å². The van der Waals surface area contributed by atoms with E-state index in [1.54, 1.807) is 24.3 Å². The maximum atomic E-state index is 12.4. The van der Waals surface area contributed by atoms with E-state index in [1.807, 2.05) is 27.7 Å². The molecule has 0 bridgehead atoms. The molecule has 1 saturated heterocycles. The van der Waals surface area contributed by atoms with E-state index in [4.69, 9.17) is 9.47 Å². The number of piperidine rings is 1. The van der Waals surface area contributed by atoms with Crippen LogP contribution in [0, 0.1) is 5.92 Å². The lowest BCUT2D eigenvalue weighted by Gasteiger charge is -2.49. The molecule has 7 nitrogen and oxygen atoms in total. The fourth-order valence-electron chi connectivity index (χ4n) is 3.91. The lowest BCUT2D eigenvalue weighted by atomic mass is 9.75. The predicted octanol–water partition coefficient (Wildman–Crippen LogP) is 3.18. The maximum absolute atomic E-state index is 12.4. The molecule has 0 aromatic heterocycles. The van der Waals surface area contributed by atoms with Crippen LogP contribution in [-0.4, -0.2) is 51.8 Å². The molecule has 0 amide bonds. The molecule has 1 fully saturated rings. The Morgan fingerprint density at radius 1 is 1.07 bits per heavy atom. The Bertz CT molecular complexity index is 715. The topological polar surface area (TPSA) is 96.0 Å². The molecule has 7 heteroatoms. The quantitative estimate of drug-likeness (QED) is 0.424. The van der Waals surface area contributed by atoms with Gasteiger partial charge in [-0.15, -0.1) is 10.3 Å². The third-order valence-corrected chi connectivity index (χ3v) is 5.19. The van der Waals surface area contributed by atoms with Crippen LogP contribution in [-0.2, 0) is 14.7 Å². The summed E-state index contributed by atoms with van der Waals surface area (Å²) >= 11 is 0. The second-order valence-electron chi connectivity index (χ2n) is 9.45. The Morgan fingerprint density at radius 3 is 2.07 bits per heavy atom. The number of ketones is 1. The first-order chi connectivity index (χ1) is 13.2. The van der Waals surface area contributed by atoms with Crippen molar-refractivity contribution in [3.63, 3.8) is 0 Å². The van der Waals surface area contributed by atoms with Gasteiger partial charge in [0.25, 0.3) is 0 Å². The zero-order chi connectivity index (χ0) is 22.0. The van der Waals surface area contributed by atoms with Gasteiger partial charge in [0.2, 0.25) is 0 Å². The number of aliphatic hydroxyl groups is 1. The Labute approximate surface area is 172 Å². The molecule has 1 radical (unpaired) electrons. The van der Waals surface area contributed by atoms with Gasteiger partial charge < -0.3 is 14.6 Å². The highest BCUT2D eigenvalue weighted by molar-refractivity contribution is 6.01. The smallest absolute Gasteiger partial charge is 0.309 e. The summed E-state index contributed by atoms with van der Waals surface area (Å²) in [5.41, 5.74) is -2.28. The summed E-state index contributed by atoms with van der Waals surface area (Å²) < 4.78 is 10.9. The number of hydrogen-bond acceptors (Lipinski definition) is 6. The van der Waals surface area contributed by atoms with Gasteiger partial charge in [-0.2, -0.15) is 0 Å². The van der Waals surface area contributed by atoms with Crippen molar-refractivity contribution in [2.24, 2.45) is 5.92 Å². The first kappa shape index (κ1) is 23.3. The second-order valence-corrected chi connectivity index (χ2v) is 9.45. The molecule has 1 aromatic rings. The number of hydrogen-bond donors (Lipinski definition) is 1. The minimum Gasteiger partial charge on any atom is -0.490 e. The van der Waals surface area contributed by atoms with Gasteiger partial charge in [-0.25, -0.2) is 0 Å². The molecule has 0 unspecified atom stereocenters. The summed E-state index contributed by atoms with van der Waals surface area (Å²) in [7, 11) is 0. The predicted molar refractivity (Wildman–Crippen MR) is 107 cm³/mol. The number of nitrogens with zero attached hydrogens (tertiary/aromatic N) is 1. The molecule has 0 saturated carbocycles. The Morgan fingerprint density at radius 2 is 1.59 bits per heavy atom. The molecule has 161 valence electrons. The normalized spacial score (nSPS) is 19.6. The summed E-state index contributed by atoms with van der Waals surface area (Å²) in [6, 6.07) is 6.44. The van der Waals surface area contributed by atoms with Crippen LogP contribution in [0.15, 0.2) is 24.3 Å². The van der Waals surface area contributed by atoms with Crippen molar-refractivity contribution in [2.45, 2.75) is 71.1 Å². The molecule has 2 rings (SSSR count). The van der Waals surface area contributed by atoms with Gasteiger partial charge >= 0.3 is 5.97 Å². The third-order valence-electron chi connectivity index (χ3n) is 5.19. The average molecular weight is 406 g/mol. The minimum atomic E-state index is -1.43. The zero-order valence-electron chi connectivity index (χ0n) is 18.2. The molecule has 29 heavy (non-hydrogen) atoms. The number of ether oxygens (including phenoxy) is 2. The van der Waals surface area contributed by atoms with E-state index in [0.717, 1.165) is 5.06 Å². The number of esters is 1. The highest BCUT2D eigenvalue weighted by Gasteiger charge is 2.48. The summed E-state index contributed by atoms with van der Waals surface area (Å²) in [6.07, 6.45) is 0.909. The molecular formula is C22H32NO6. The lowest BCUT2D eigenvalue weighted by Crippen LogP contribution is -2.59. The highest BCUT2D eigenvalue weighted by atomic mass is 16.6. The molecule has 0 aliphatic carbocycles. The standard InChI is InChI=1S/C22H32NO6/c1-20(2)13-16(14-21(3,4)23(20)27)19(25)29-12-11-28-17-9-7-15(8-10-17)18(24)22(5,6)26/h7-10,16,26H,11-14H2,1-6H3. The van der Waals surface area contributed by atoms with Crippen molar-refractivity contribution in [3.8, 4) is 5.75 Å². The van der Waals surface area contributed by atoms with Gasteiger partial charge in [0.15, 0.2) is 5.78 Å². The van der Waals surface area contributed by atoms with Crippen molar-refractivity contribution >= 4 is 11.8 Å². The highest BCUT2D eigenvalue weighted by Crippen LogP contribution is 2.40. The summed E-state index contributed by atoms with van der Waals surface area (Å²) in [5.74, 6) is -0.463. The van der Waals surface area contributed by atoms with Gasteiger partial charge in [0.1, 0.15) is 24.6 Å². The number of carbonyl (C=O) groups excluding carboxylic acids is 2. The molecule has 1 heterocycles. The van der Waals surface area contributed by atoms with E-state index < -0.39 is 16.7 Å². The number of Topliss-reactive ketones (excluding diaryl/α,β-unsaturated/α-hetero) is 1. The fraction of sp³-hybridized carbons (Fsp3) is 0.636. The van der Waals surface area contributed by atoms with E-state index in [0.29, 0.717) is 24.2 Å². The monoisotopic (exact) mass is 406 g/mol. The maximum Gasteiger partial charge on any atom is 0.309 e. The van der Waals surface area contributed by atoms with E-state index in [2.05, 4.69) is 0 Å². The molecule has 0 atom stereocenters. The summed E-state index contributed by atoms with van der Waals surface area (Å²) in [6.45, 7) is 10.5. The molecule has 0 spiro atoms. The first-order valence-corrected chi connectivity index (χ1v) is 9.88. The minimum absolute atomic E-state index is 0.0988. The summed E-state index contributed by atoms with van der Waals surface area (Å²) in [5, 5.41) is 23.2. The van der Waals surface area contributed by atoms with Crippen LogP contribution < -0.4 is 4.74 Å². The lowest BCUT2D eigenvalue weighted by molar-refractivity contribution is -0.293.